The lowest BCUT2D eigenvalue weighted by Gasteiger charge is -2.16. The number of para-hydroxylation sites is 1. The topological polar surface area (TPSA) is 75.4 Å². The van der Waals surface area contributed by atoms with Gasteiger partial charge in [0.05, 0.1) is 12.5 Å². The number of aryl methyl sites for hydroxylation is 1. The molecule has 1 fully saturated rings. The zero-order chi connectivity index (χ0) is 19.5. The lowest BCUT2D eigenvalue weighted by Crippen LogP contribution is -2.32. The summed E-state index contributed by atoms with van der Waals surface area (Å²) < 4.78 is 5.38. The number of hydrogen-bond donors (Lipinski definition) is 1. The van der Waals surface area contributed by atoms with Crippen LogP contribution in [-0.4, -0.2) is 23.5 Å². The number of carbonyl (C=O) groups excluding carboxylic acids is 2. The molecule has 0 aliphatic carbocycles. The molecule has 1 N–H and O–H groups in total. The molecule has 3 aromatic rings. The van der Waals surface area contributed by atoms with Gasteiger partial charge < -0.3 is 14.7 Å². The molecule has 6 nitrogen and oxygen atoms in total. The first-order valence-corrected chi connectivity index (χ1v) is 9.26. The minimum absolute atomic E-state index is 0.0329. The first-order chi connectivity index (χ1) is 13.6. The Balaban J connectivity index is 1.35. The molecule has 1 aliphatic heterocycles. The first-order valence-electron chi connectivity index (χ1n) is 9.26. The maximum atomic E-state index is 12.5. The maximum absolute atomic E-state index is 12.5. The fraction of sp³-hybridized carbons (Fsp3) is 0.227. The molecule has 0 bridgehead atoms. The smallest absolute Gasteiger partial charge is 0.227 e. The predicted octanol–water partition coefficient (Wildman–Crippen LogP) is 3.32. The standard InChI is InChI=1S/C22H21N3O3/c1-15-7-9-16(10-8-15)20-12-18(24-28-20)13-23-22(27)17-11-21(26)25(14-17)19-5-3-2-4-6-19/h2-10,12,17H,11,13-14H2,1H3,(H,23,27). The second kappa shape index (κ2) is 7.68. The Hall–Kier alpha value is -3.41. The molecule has 28 heavy (non-hydrogen) atoms. The van der Waals surface area contributed by atoms with E-state index in [-0.39, 0.29) is 30.7 Å². The van der Waals surface area contributed by atoms with E-state index in [4.69, 9.17) is 4.52 Å². The van der Waals surface area contributed by atoms with E-state index >= 15 is 0 Å². The molecule has 0 saturated carbocycles. The van der Waals surface area contributed by atoms with E-state index in [0.717, 1.165) is 11.3 Å². The maximum Gasteiger partial charge on any atom is 0.227 e. The molecular weight excluding hydrogens is 354 g/mol. The van der Waals surface area contributed by atoms with Crippen molar-refractivity contribution in [3.05, 3.63) is 71.9 Å². The van der Waals surface area contributed by atoms with E-state index in [9.17, 15) is 9.59 Å². The van der Waals surface area contributed by atoms with Crippen molar-refractivity contribution in [2.45, 2.75) is 19.9 Å². The van der Waals surface area contributed by atoms with Crippen molar-refractivity contribution in [1.29, 1.82) is 0 Å². The zero-order valence-electron chi connectivity index (χ0n) is 15.6. The van der Waals surface area contributed by atoms with E-state index in [1.165, 1.54) is 5.56 Å². The Morgan fingerprint density at radius 2 is 1.93 bits per heavy atom. The van der Waals surface area contributed by atoms with Crippen LogP contribution in [0.5, 0.6) is 0 Å². The molecular formula is C22H21N3O3. The molecule has 0 spiro atoms. The van der Waals surface area contributed by atoms with Gasteiger partial charge in [0.15, 0.2) is 5.76 Å². The Morgan fingerprint density at radius 1 is 1.18 bits per heavy atom. The lowest BCUT2D eigenvalue weighted by atomic mass is 10.1. The Bertz CT molecular complexity index is 980. The van der Waals surface area contributed by atoms with Crippen LogP contribution in [0, 0.1) is 12.8 Å². The Labute approximate surface area is 163 Å². The van der Waals surface area contributed by atoms with Crippen LogP contribution in [0.1, 0.15) is 17.7 Å². The number of hydrogen-bond acceptors (Lipinski definition) is 4. The molecule has 1 saturated heterocycles. The SMILES string of the molecule is Cc1ccc(-c2cc(CNC(=O)C3CC(=O)N(c4ccccc4)C3)no2)cc1. The number of nitrogens with one attached hydrogen (secondary N) is 1. The first kappa shape index (κ1) is 18.0. The van der Waals surface area contributed by atoms with Gasteiger partial charge in [0.25, 0.3) is 0 Å². The van der Waals surface area contributed by atoms with E-state index < -0.39 is 0 Å². The van der Waals surface area contributed by atoms with Crippen LogP contribution < -0.4 is 10.2 Å². The molecule has 2 heterocycles. The summed E-state index contributed by atoms with van der Waals surface area (Å²) in [5.74, 6) is 0.118. The summed E-state index contributed by atoms with van der Waals surface area (Å²) in [7, 11) is 0. The molecule has 1 aliphatic rings. The van der Waals surface area contributed by atoms with Crippen molar-refractivity contribution in [2.75, 3.05) is 11.4 Å². The largest absolute Gasteiger partial charge is 0.356 e. The van der Waals surface area contributed by atoms with Gasteiger partial charge in [-0.3, -0.25) is 9.59 Å². The third-order valence-corrected chi connectivity index (χ3v) is 4.90. The molecule has 0 radical (unpaired) electrons. The molecule has 6 heteroatoms. The van der Waals surface area contributed by atoms with Gasteiger partial charge in [-0.2, -0.15) is 0 Å². The molecule has 2 aromatic carbocycles. The predicted molar refractivity (Wildman–Crippen MR) is 105 cm³/mol. The van der Waals surface area contributed by atoms with Crippen molar-refractivity contribution in [2.24, 2.45) is 5.92 Å². The minimum atomic E-state index is -0.365. The Kier molecular flexibility index (Phi) is 4.93. The van der Waals surface area contributed by atoms with Gasteiger partial charge in [0, 0.05) is 30.3 Å². The number of rotatable bonds is 5. The second-order valence-electron chi connectivity index (χ2n) is 7.01. The number of benzene rings is 2. The molecule has 1 unspecified atom stereocenters. The van der Waals surface area contributed by atoms with Gasteiger partial charge in [0.1, 0.15) is 5.69 Å². The average molecular weight is 375 g/mol. The van der Waals surface area contributed by atoms with Crippen LogP contribution >= 0.6 is 0 Å². The molecule has 4 rings (SSSR count). The summed E-state index contributed by atoms with van der Waals surface area (Å²) >= 11 is 0. The molecule has 142 valence electrons. The summed E-state index contributed by atoms with van der Waals surface area (Å²) in [5.41, 5.74) is 3.58. The highest BCUT2D eigenvalue weighted by Gasteiger charge is 2.34. The lowest BCUT2D eigenvalue weighted by molar-refractivity contribution is -0.126. The van der Waals surface area contributed by atoms with Gasteiger partial charge >= 0.3 is 0 Å². The molecule has 2 amide bonds. The second-order valence-corrected chi connectivity index (χ2v) is 7.01. The van der Waals surface area contributed by atoms with E-state index in [1.54, 1.807) is 4.90 Å². The van der Waals surface area contributed by atoms with Gasteiger partial charge in [-0.15, -0.1) is 0 Å². The van der Waals surface area contributed by atoms with Crippen molar-refractivity contribution in [3.8, 4) is 11.3 Å². The van der Waals surface area contributed by atoms with Crippen molar-refractivity contribution < 1.29 is 14.1 Å². The average Bonchev–Trinajstić information content (AvgIpc) is 3.34. The molecule has 1 atom stereocenters. The van der Waals surface area contributed by atoms with E-state index in [2.05, 4.69) is 10.5 Å². The van der Waals surface area contributed by atoms with Crippen molar-refractivity contribution in [3.63, 3.8) is 0 Å². The van der Waals surface area contributed by atoms with E-state index in [1.807, 2.05) is 67.6 Å². The van der Waals surface area contributed by atoms with Crippen LogP contribution in [0.15, 0.2) is 65.2 Å². The number of anilines is 1. The number of aromatic nitrogens is 1. The highest BCUT2D eigenvalue weighted by atomic mass is 16.5. The van der Waals surface area contributed by atoms with E-state index in [0.29, 0.717) is 18.0 Å². The van der Waals surface area contributed by atoms with Crippen LogP contribution in [0.25, 0.3) is 11.3 Å². The summed E-state index contributed by atoms with van der Waals surface area (Å²) in [6.45, 7) is 2.68. The van der Waals surface area contributed by atoms with Crippen LogP contribution in [0.4, 0.5) is 5.69 Å². The van der Waals surface area contributed by atoms with Crippen LogP contribution in [0.3, 0.4) is 0 Å². The Morgan fingerprint density at radius 3 is 2.68 bits per heavy atom. The summed E-state index contributed by atoms with van der Waals surface area (Å²) in [4.78, 5) is 26.4. The number of carbonyl (C=O) groups is 2. The van der Waals surface area contributed by atoms with Gasteiger partial charge in [-0.05, 0) is 19.1 Å². The quantitative estimate of drug-likeness (QED) is 0.742. The highest BCUT2D eigenvalue weighted by molar-refractivity contribution is 6.00. The van der Waals surface area contributed by atoms with Gasteiger partial charge in [-0.25, -0.2) is 0 Å². The molecule has 1 aromatic heterocycles. The monoisotopic (exact) mass is 375 g/mol. The van der Waals surface area contributed by atoms with Crippen LogP contribution in [0.2, 0.25) is 0 Å². The fourth-order valence-electron chi connectivity index (χ4n) is 3.31. The summed E-state index contributed by atoms with van der Waals surface area (Å²) in [5, 5.41) is 6.89. The van der Waals surface area contributed by atoms with Crippen molar-refractivity contribution >= 4 is 17.5 Å². The number of amides is 2. The highest BCUT2D eigenvalue weighted by Crippen LogP contribution is 2.25. The van der Waals surface area contributed by atoms with Crippen molar-refractivity contribution in [1.82, 2.24) is 10.5 Å². The fourth-order valence-corrected chi connectivity index (χ4v) is 3.31. The summed E-state index contributed by atoms with van der Waals surface area (Å²) in [6, 6.07) is 19.2. The summed E-state index contributed by atoms with van der Waals surface area (Å²) in [6.07, 6.45) is 0.216. The number of nitrogens with zero attached hydrogens (tertiary/aromatic N) is 2. The third kappa shape index (κ3) is 3.81. The van der Waals surface area contributed by atoms with Gasteiger partial charge in [0.2, 0.25) is 11.8 Å². The third-order valence-electron chi connectivity index (χ3n) is 4.90. The zero-order valence-corrected chi connectivity index (χ0v) is 15.6. The normalized spacial score (nSPS) is 16.4. The minimum Gasteiger partial charge on any atom is -0.356 e. The van der Waals surface area contributed by atoms with Gasteiger partial charge in [-0.1, -0.05) is 53.2 Å². The van der Waals surface area contributed by atoms with Crippen LogP contribution in [-0.2, 0) is 16.1 Å².